The van der Waals surface area contributed by atoms with E-state index in [1.54, 1.807) is 6.08 Å². The van der Waals surface area contributed by atoms with Crippen LogP contribution in [-0.4, -0.2) is 81.2 Å². The summed E-state index contributed by atoms with van der Waals surface area (Å²) in [5.74, 6) is -1.87. The number of fused-ring (bicyclic) bond motifs is 7. The molecule has 1 unspecified atom stereocenters. The van der Waals surface area contributed by atoms with Crippen molar-refractivity contribution in [1.29, 1.82) is 0 Å². The van der Waals surface area contributed by atoms with Crippen molar-refractivity contribution >= 4 is 5.97 Å². The van der Waals surface area contributed by atoms with Crippen molar-refractivity contribution in [3.8, 4) is 0 Å². The SMILES string of the molecule is C[C@@H]1C[C@@H](O)[C@]2(O)O[C@@H]3C[C@]4(C)C5CC[C@]6(C)[C@@H](C7=CC(=O)OC7)C[C@@H](O)[C@]6(O)[C@@H]5CC[C@H]4C[C@H]3O[C@@H]2O1. The standard InChI is InChI=1S/C29H42O9/c1-14-8-23(31)29(34)25(36-14)37-20-10-16-4-5-18-17(26(16,2)12-21(20)38-29)6-7-27(3)19(11-22(30)28(18,27)33)15-9-24(32)35-13-15/h9,14,16-23,25,30-31,33-34H,4-8,10-13H2,1-3H3/t14-,16+,17?,18-,19-,20-,21-,22-,23-,25+,26+,27-,28-,29+/m1/s1. The second-order valence-electron chi connectivity index (χ2n) is 14.0. The van der Waals surface area contributed by atoms with Gasteiger partial charge in [-0.1, -0.05) is 13.8 Å². The molecule has 14 atom stereocenters. The van der Waals surface area contributed by atoms with E-state index in [1.807, 2.05) is 6.92 Å². The molecule has 0 aromatic carbocycles. The number of hydrogen-bond donors (Lipinski definition) is 4. The smallest absolute Gasteiger partial charge is 0.331 e. The summed E-state index contributed by atoms with van der Waals surface area (Å²) in [6, 6.07) is 0. The Labute approximate surface area is 223 Å². The highest BCUT2D eigenvalue weighted by molar-refractivity contribution is 5.85. The fraction of sp³-hybridized carbons (Fsp3) is 0.897. The fourth-order valence-electron chi connectivity index (χ4n) is 10.3. The molecule has 0 bridgehead atoms. The van der Waals surface area contributed by atoms with Crippen molar-refractivity contribution < 1.29 is 44.2 Å². The van der Waals surface area contributed by atoms with Gasteiger partial charge < -0.3 is 39.4 Å². The molecule has 3 heterocycles. The van der Waals surface area contributed by atoms with Crippen LogP contribution in [0.25, 0.3) is 0 Å². The molecule has 2 saturated heterocycles. The van der Waals surface area contributed by atoms with Gasteiger partial charge in [0.15, 0.2) is 0 Å². The van der Waals surface area contributed by atoms with E-state index in [9.17, 15) is 25.2 Å². The van der Waals surface area contributed by atoms with Crippen LogP contribution in [0.5, 0.6) is 0 Å². The maximum atomic E-state index is 12.5. The number of carbonyl (C=O) groups is 1. The van der Waals surface area contributed by atoms with Crippen LogP contribution in [0.2, 0.25) is 0 Å². The quantitative estimate of drug-likeness (QED) is 0.293. The monoisotopic (exact) mass is 534 g/mol. The van der Waals surface area contributed by atoms with E-state index in [0.29, 0.717) is 18.8 Å². The number of rotatable bonds is 1. The molecule has 0 aromatic rings. The van der Waals surface area contributed by atoms with E-state index >= 15 is 0 Å². The minimum Gasteiger partial charge on any atom is -0.458 e. The molecule has 7 rings (SSSR count). The molecular formula is C29H42O9. The zero-order valence-electron chi connectivity index (χ0n) is 22.5. The summed E-state index contributed by atoms with van der Waals surface area (Å²) < 4.78 is 23.6. The number of esters is 1. The largest absolute Gasteiger partial charge is 0.458 e. The molecule has 38 heavy (non-hydrogen) atoms. The Morgan fingerprint density at radius 2 is 1.74 bits per heavy atom. The highest BCUT2D eigenvalue weighted by atomic mass is 16.8. The van der Waals surface area contributed by atoms with Gasteiger partial charge in [-0.3, -0.25) is 0 Å². The summed E-state index contributed by atoms with van der Waals surface area (Å²) in [7, 11) is 0. The van der Waals surface area contributed by atoms with Crippen LogP contribution in [0.3, 0.4) is 0 Å². The van der Waals surface area contributed by atoms with E-state index < -0.39 is 35.3 Å². The van der Waals surface area contributed by atoms with Crippen LogP contribution in [0.4, 0.5) is 0 Å². The van der Waals surface area contributed by atoms with Gasteiger partial charge in [0, 0.05) is 17.9 Å². The third kappa shape index (κ3) is 3.21. The van der Waals surface area contributed by atoms with Gasteiger partial charge in [0.1, 0.15) is 12.7 Å². The predicted octanol–water partition coefficient (Wildman–Crippen LogP) is 1.79. The van der Waals surface area contributed by atoms with Gasteiger partial charge in [-0.25, -0.2) is 4.79 Å². The lowest BCUT2D eigenvalue weighted by Gasteiger charge is -2.65. The van der Waals surface area contributed by atoms with Crippen LogP contribution in [-0.2, 0) is 23.7 Å². The van der Waals surface area contributed by atoms with Crippen LogP contribution in [0.1, 0.15) is 72.1 Å². The molecule has 0 amide bonds. The van der Waals surface area contributed by atoms with Crippen molar-refractivity contribution in [1.82, 2.24) is 0 Å². The van der Waals surface area contributed by atoms with Crippen LogP contribution < -0.4 is 0 Å². The zero-order valence-corrected chi connectivity index (χ0v) is 22.5. The summed E-state index contributed by atoms with van der Waals surface area (Å²) >= 11 is 0. The Morgan fingerprint density at radius 3 is 2.47 bits per heavy atom. The molecule has 6 fully saturated rings. The minimum absolute atomic E-state index is 0.0810. The Hall–Kier alpha value is -1.07. The van der Waals surface area contributed by atoms with Crippen LogP contribution in [0.15, 0.2) is 11.6 Å². The number of carbonyl (C=O) groups excluding carboxylic acids is 1. The number of hydrogen-bond acceptors (Lipinski definition) is 9. The van der Waals surface area contributed by atoms with Crippen molar-refractivity contribution in [2.75, 3.05) is 6.61 Å². The van der Waals surface area contributed by atoms with Gasteiger partial charge in [0.05, 0.1) is 30.0 Å². The number of aliphatic hydroxyl groups excluding tert-OH is 2. The molecule has 0 spiro atoms. The minimum atomic E-state index is -1.89. The highest BCUT2D eigenvalue weighted by Crippen LogP contribution is 2.70. The van der Waals surface area contributed by atoms with Gasteiger partial charge in [-0.2, -0.15) is 0 Å². The normalized spacial score (nSPS) is 59.6. The van der Waals surface area contributed by atoms with Crippen LogP contribution >= 0.6 is 0 Å². The summed E-state index contributed by atoms with van der Waals surface area (Å²) in [5, 5.41) is 45.9. The molecule has 4 saturated carbocycles. The van der Waals surface area contributed by atoms with Gasteiger partial charge in [0.2, 0.25) is 12.1 Å². The lowest BCUT2D eigenvalue weighted by atomic mass is 9.42. The van der Waals surface area contributed by atoms with Crippen LogP contribution in [0, 0.1) is 34.5 Å². The summed E-state index contributed by atoms with van der Waals surface area (Å²) in [6.45, 7) is 6.48. The van der Waals surface area contributed by atoms with Gasteiger partial charge in [0.25, 0.3) is 0 Å². The number of aliphatic hydroxyl groups is 4. The van der Waals surface area contributed by atoms with Crippen molar-refractivity contribution in [3.05, 3.63) is 11.6 Å². The second-order valence-corrected chi connectivity index (χ2v) is 14.0. The molecule has 7 aliphatic rings. The van der Waals surface area contributed by atoms with Gasteiger partial charge in [-0.15, -0.1) is 0 Å². The first-order valence-corrected chi connectivity index (χ1v) is 14.6. The van der Waals surface area contributed by atoms with E-state index in [-0.39, 0.29) is 60.5 Å². The van der Waals surface area contributed by atoms with E-state index in [2.05, 4.69) is 13.8 Å². The topological polar surface area (TPSA) is 135 Å². The Morgan fingerprint density at radius 1 is 0.947 bits per heavy atom. The van der Waals surface area contributed by atoms with Crippen molar-refractivity contribution in [2.45, 2.75) is 120 Å². The molecule has 9 nitrogen and oxygen atoms in total. The summed E-state index contributed by atoms with van der Waals surface area (Å²) in [4.78, 5) is 11.8. The maximum absolute atomic E-state index is 12.5. The second kappa shape index (κ2) is 8.24. The summed E-state index contributed by atoms with van der Waals surface area (Å²) in [6.07, 6.45) is 3.29. The number of ether oxygens (including phenoxy) is 4. The Bertz CT molecular complexity index is 1050. The maximum Gasteiger partial charge on any atom is 0.331 e. The Kier molecular flexibility index (Phi) is 5.61. The number of cyclic esters (lactones) is 1. The molecule has 212 valence electrons. The molecule has 0 aromatic heterocycles. The lowest BCUT2D eigenvalue weighted by molar-refractivity contribution is -0.458. The third-order valence-corrected chi connectivity index (χ3v) is 12.4. The van der Waals surface area contributed by atoms with Gasteiger partial charge >= 0.3 is 5.97 Å². The molecule has 3 aliphatic heterocycles. The lowest BCUT2D eigenvalue weighted by Crippen LogP contribution is -2.71. The van der Waals surface area contributed by atoms with Crippen molar-refractivity contribution in [3.63, 3.8) is 0 Å². The van der Waals surface area contributed by atoms with E-state index in [1.165, 1.54) is 0 Å². The first-order valence-electron chi connectivity index (χ1n) is 14.6. The fourth-order valence-corrected chi connectivity index (χ4v) is 10.3. The first-order chi connectivity index (χ1) is 17.9. The first kappa shape index (κ1) is 25.9. The van der Waals surface area contributed by atoms with Gasteiger partial charge in [-0.05, 0) is 86.5 Å². The third-order valence-electron chi connectivity index (χ3n) is 12.4. The molecule has 4 N–H and O–H groups in total. The van der Waals surface area contributed by atoms with E-state index in [4.69, 9.17) is 18.9 Å². The molecule has 9 heteroatoms. The summed E-state index contributed by atoms with van der Waals surface area (Å²) in [5.41, 5.74) is -1.08. The highest BCUT2D eigenvalue weighted by Gasteiger charge is 2.72. The molecule has 4 aliphatic carbocycles. The molecular weight excluding hydrogens is 492 g/mol. The average Bonchev–Trinajstić information content (AvgIpc) is 3.36. The molecule has 0 radical (unpaired) electrons. The van der Waals surface area contributed by atoms with E-state index in [0.717, 1.165) is 37.7 Å². The van der Waals surface area contributed by atoms with Crippen molar-refractivity contribution in [2.24, 2.45) is 34.5 Å². The predicted molar refractivity (Wildman–Crippen MR) is 132 cm³/mol. The zero-order chi connectivity index (χ0) is 26.8. The average molecular weight is 535 g/mol. The Balaban J connectivity index is 1.17.